The molecule has 1 heterocycles. The molecule has 1 aromatic rings. The predicted octanol–water partition coefficient (Wildman–Crippen LogP) is 6.40. The van der Waals surface area contributed by atoms with Gasteiger partial charge in [0, 0.05) is 11.0 Å². The molecule has 2 aliphatic rings. The number of benzene rings is 1. The van der Waals surface area contributed by atoms with E-state index in [1.54, 1.807) is 6.08 Å². The lowest BCUT2D eigenvalue weighted by Crippen LogP contribution is -2.32. The third-order valence-corrected chi connectivity index (χ3v) is 5.02. The van der Waals surface area contributed by atoms with Crippen molar-refractivity contribution in [1.29, 1.82) is 0 Å². The molecule has 0 saturated heterocycles. The van der Waals surface area contributed by atoms with Crippen molar-refractivity contribution in [3.8, 4) is 0 Å². The second-order valence-electron chi connectivity index (χ2n) is 6.56. The van der Waals surface area contributed by atoms with Gasteiger partial charge in [-0.2, -0.15) is 0 Å². The molecule has 0 unspecified atom stereocenters. The van der Waals surface area contributed by atoms with Crippen molar-refractivity contribution in [2.75, 3.05) is 0 Å². The number of allylic oxidation sites excluding steroid dienone is 4. The predicted molar refractivity (Wildman–Crippen MR) is 104 cm³/mol. The molecular weight excluding hydrogens is 341 g/mol. The maximum absolute atomic E-state index is 12.1. The minimum absolute atomic E-state index is 0.116. The summed E-state index contributed by atoms with van der Waals surface area (Å²) >= 11 is 12.3. The summed E-state index contributed by atoms with van der Waals surface area (Å²) < 4.78 is 0. The molecule has 0 atom stereocenters. The first-order chi connectivity index (χ1) is 11.2. The number of carbonyl (C=O) groups excluding carboxylic acids is 1. The molecule has 0 radical (unpaired) electrons. The van der Waals surface area contributed by atoms with Gasteiger partial charge in [0.05, 0.1) is 21.5 Å². The second kappa shape index (κ2) is 6.85. The van der Waals surface area contributed by atoms with Gasteiger partial charge in [0.25, 0.3) is 0 Å². The SMILES string of the molecule is CC.CC(C)c1ccc2c(c1)C(C)(C)C1=C(Cl)C(=O)C(Cl)=CC1=N2. The van der Waals surface area contributed by atoms with Crippen LogP contribution in [0.3, 0.4) is 0 Å². The fraction of sp³-hybridized carbons (Fsp3) is 0.400. The van der Waals surface area contributed by atoms with Gasteiger partial charge in [0.1, 0.15) is 0 Å². The number of hydrogen-bond donors (Lipinski definition) is 0. The monoisotopic (exact) mass is 363 g/mol. The van der Waals surface area contributed by atoms with Gasteiger partial charge in [-0.25, -0.2) is 4.99 Å². The molecule has 0 saturated carbocycles. The summed E-state index contributed by atoms with van der Waals surface area (Å²) in [7, 11) is 0. The highest BCUT2D eigenvalue weighted by Crippen LogP contribution is 2.47. The maximum atomic E-state index is 12.1. The number of halogens is 2. The average molecular weight is 364 g/mol. The van der Waals surface area contributed by atoms with Crippen LogP contribution in [-0.2, 0) is 10.2 Å². The van der Waals surface area contributed by atoms with Crippen LogP contribution in [0.15, 0.2) is 44.9 Å². The summed E-state index contributed by atoms with van der Waals surface area (Å²) in [4.78, 5) is 16.8. The molecule has 128 valence electrons. The van der Waals surface area contributed by atoms with Gasteiger partial charge in [0.15, 0.2) is 0 Å². The van der Waals surface area contributed by atoms with Crippen LogP contribution in [0.4, 0.5) is 5.69 Å². The summed E-state index contributed by atoms with van der Waals surface area (Å²) in [6.07, 6.45) is 1.62. The minimum atomic E-state index is -0.391. The molecule has 1 aliphatic heterocycles. The van der Waals surface area contributed by atoms with E-state index < -0.39 is 5.41 Å². The maximum Gasteiger partial charge on any atom is 0.216 e. The van der Waals surface area contributed by atoms with E-state index >= 15 is 0 Å². The molecule has 0 bridgehead atoms. The van der Waals surface area contributed by atoms with Crippen molar-refractivity contribution in [3.63, 3.8) is 0 Å². The molecule has 2 nitrogen and oxygen atoms in total. The first kappa shape index (κ1) is 19.0. The van der Waals surface area contributed by atoms with Gasteiger partial charge in [-0.3, -0.25) is 4.79 Å². The van der Waals surface area contributed by atoms with Crippen molar-refractivity contribution in [3.05, 3.63) is 51.0 Å². The molecular formula is C20H23Cl2NO. The van der Waals surface area contributed by atoms with Gasteiger partial charge in [-0.15, -0.1) is 0 Å². The third-order valence-electron chi connectivity index (χ3n) is 4.38. The fourth-order valence-electron chi connectivity index (χ4n) is 3.05. The van der Waals surface area contributed by atoms with Crippen LogP contribution in [-0.4, -0.2) is 11.5 Å². The van der Waals surface area contributed by atoms with Crippen LogP contribution in [0.1, 0.15) is 58.6 Å². The summed E-state index contributed by atoms with van der Waals surface area (Å²) in [5, 5.41) is 0.294. The van der Waals surface area contributed by atoms with Gasteiger partial charge in [0.2, 0.25) is 5.78 Å². The lowest BCUT2D eigenvalue weighted by atomic mass is 9.71. The van der Waals surface area contributed by atoms with E-state index in [1.807, 2.05) is 19.9 Å². The summed E-state index contributed by atoms with van der Waals surface area (Å²) in [5.41, 5.74) is 4.31. The standard InChI is InChI=1S/C18H17Cl2NO.C2H6/c1-9(2)10-5-6-13-11(7-10)18(3,4)15-14(21-13)8-12(19)17(22)16(15)20;1-2/h5-9H,1-4H3;1-2H3. The van der Waals surface area contributed by atoms with E-state index in [2.05, 4.69) is 44.8 Å². The second-order valence-corrected chi connectivity index (χ2v) is 7.35. The molecule has 0 fully saturated rings. The number of nitrogens with zero attached hydrogens (tertiary/aromatic N) is 1. The number of ketones is 1. The van der Waals surface area contributed by atoms with Crippen molar-refractivity contribution in [2.45, 2.75) is 52.9 Å². The molecule has 0 spiro atoms. The zero-order valence-electron chi connectivity index (χ0n) is 15.0. The Morgan fingerprint density at radius 3 is 2.33 bits per heavy atom. The molecule has 0 amide bonds. The Hall–Kier alpha value is -1.38. The largest absolute Gasteiger partial charge is 0.287 e. The van der Waals surface area contributed by atoms with Crippen molar-refractivity contribution < 1.29 is 4.79 Å². The van der Waals surface area contributed by atoms with Gasteiger partial charge >= 0.3 is 0 Å². The van der Waals surface area contributed by atoms with Crippen LogP contribution < -0.4 is 0 Å². The first-order valence-electron chi connectivity index (χ1n) is 8.29. The molecule has 1 aliphatic carbocycles. The van der Waals surface area contributed by atoms with E-state index in [0.29, 0.717) is 11.6 Å². The summed E-state index contributed by atoms with van der Waals surface area (Å²) in [6, 6.07) is 6.30. The number of fused-ring (bicyclic) bond motifs is 2. The van der Waals surface area contributed by atoms with Gasteiger partial charge in [-0.1, -0.05) is 76.9 Å². The molecule has 0 aromatic heterocycles. The van der Waals surface area contributed by atoms with E-state index in [1.165, 1.54) is 5.56 Å². The topological polar surface area (TPSA) is 29.4 Å². The molecule has 3 rings (SSSR count). The van der Waals surface area contributed by atoms with Crippen molar-refractivity contribution in [1.82, 2.24) is 0 Å². The molecule has 0 N–H and O–H groups in total. The van der Waals surface area contributed by atoms with Crippen LogP contribution in [0.25, 0.3) is 0 Å². The number of hydrogen-bond acceptors (Lipinski definition) is 2. The summed E-state index contributed by atoms with van der Waals surface area (Å²) in [6.45, 7) is 12.5. The Labute approximate surface area is 154 Å². The van der Waals surface area contributed by atoms with E-state index in [0.717, 1.165) is 16.8 Å². The van der Waals surface area contributed by atoms with Crippen LogP contribution in [0, 0.1) is 0 Å². The van der Waals surface area contributed by atoms with Crippen LogP contribution in [0.5, 0.6) is 0 Å². The number of Topliss-reactive ketones (excluding diaryl/α,β-unsaturated/α-hetero) is 1. The smallest absolute Gasteiger partial charge is 0.216 e. The lowest BCUT2D eigenvalue weighted by molar-refractivity contribution is -0.111. The zero-order chi connectivity index (χ0) is 18.2. The molecule has 4 heteroatoms. The average Bonchev–Trinajstić information content (AvgIpc) is 2.53. The third kappa shape index (κ3) is 2.98. The minimum Gasteiger partial charge on any atom is -0.287 e. The highest BCUT2D eigenvalue weighted by molar-refractivity contribution is 6.58. The molecule has 24 heavy (non-hydrogen) atoms. The Morgan fingerprint density at radius 2 is 1.75 bits per heavy atom. The van der Waals surface area contributed by atoms with Crippen LogP contribution >= 0.6 is 23.2 Å². The number of carbonyl (C=O) groups is 1. The van der Waals surface area contributed by atoms with Crippen molar-refractivity contribution in [2.24, 2.45) is 4.99 Å². The number of rotatable bonds is 1. The highest BCUT2D eigenvalue weighted by Gasteiger charge is 2.40. The zero-order valence-corrected chi connectivity index (χ0v) is 16.5. The molecule has 1 aromatic carbocycles. The fourth-order valence-corrected chi connectivity index (χ4v) is 3.73. The van der Waals surface area contributed by atoms with E-state index in [-0.39, 0.29) is 15.8 Å². The highest BCUT2D eigenvalue weighted by atomic mass is 35.5. The van der Waals surface area contributed by atoms with E-state index in [4.69, 9.17) is 23.2 Å². The lowest BCUT2D eigenvalue weighted by Gasteiger charge is -2.36. The summed E-state index contributed by atoms with van der Waals surface area (Å²) in [5.74, 6) is 0.104. The first-order valence-corrected chi connectivity index (χ1v) is 9.04. The Kier molecular flexibility index (Phi) is 5.41. The van der Waals surface area contributed by atoms with Gasteiger partial charge < -0.3 is 0 Å². The van der Waals surface area contributed by atoms with Gasteiger partial charge in [-0.05, 0) is 29.2 Å². The Balaban J connectivity index is 0.00000100. The Bertz CT molecular complexity index is 783. The van der Waals surface area contributed by atoms with Crippen molar-refractivity contribution >= 4 is 40.4 Å². The van der Waals surface area contributed by atoms with Crippen LogP contribution in [0.2, 0.25) is 0 Å². The normalized spacial score (nSPS) is 18.3. The van der Waals surface area contributed by atoms with E-state index in [9.17, 15) is 4.79 Å². The number of aliphatic imine (C=N–C) groups is 1. The Morgan fingerprint density at radius 1 is 1.12 bits per heavy atom. The quantitative estimate of drug-likeness (QED) is 0.530.